The molecule has 0 heterocycles. The first-order valence-electron chi connectivity index (χ1n) is 7.52. The highest BCUT2D eigenvalue weighted by atomic mass is 16.5. The Hall–Kier alpha value is -2.26. The van der Waals surface area contributed by atoms with E-state index in [2.05, 4.69) is 36.4 Å². The van der Waals surface area contributed by atoms with Crippen molar-refractivity contribution in [2.24, 2.45) is 5.73 Å². The predicted octanol–water partition coefficient (Wildman–Crippen LogP) is 3.98. The second-order valence-corrected chi connectivity index (χ2v) is 5.38. The van der Waals surface area contributed by atoms with Gasteiger partial charge in [-0.05, 0) is 40.5 Å². The quantitative estimate of drug-likeness (QED) is 0.928. The molecule has 1 aliphatic rings. The highest BCUT2D eigenvalue weighted by Gasteiger charge is 2.20. The SMILES string of the molecule is COC1=C(OC)C(c2cc(CN)c3ccccc3c2)=CCC1. The zero-order valence-electron chi connectivity index (χ0n) is 13.1. The predicted molar refractivity (Wildman–Crippen MR) is 90.1 cm³/mol. The van der Waals surface area contributed by atoms with Gasteiger partial charge in [-0.3, -0.25) is 0 Å². The van der Waals surface area contributed by atoms with Gasteiger partial charge in [-0.15, -0.1) is 0 Å². The number of nitrogens with two attached hydrogens (primary N) is 1. The molecule has 1 aliphatic carbocycles. The van der Waals surface area contributed by atoms with E-state index >= 15 is 0 Å². The van der Waals surface area contributed by atoms with Crippen LogP contribution in [0.3, 0.4) is 0 Å². The summed E-state index contributed by atoms with van der Waals surface area (Å²) >= 11 is 0. The lowest BCUT2D eigenvalue weighted by molar-refractivity contribution is 0.221. The molecule has 3 rings (SSSR count). The molecule has 0 radical (unpaired) electrons. The summed E-state index contributed by atoms with van der Waals surface area (Å²) in [5.41, 5.74) is 9.31. The van der Waals surface area contributed by atoms with Gasteiger partial charge in [0.15, 0.2) is 5.76 Å². The minimum Gasteiger partial charge on any atom is -0.497 e. The highest BCUT2D eigenvalue weighted by molar-refractivity contribution is 5.91. The van der Waals surface area contributed by atoms with Crippen LogP contribution in [0, 0.1) is 0 Å². The summed E-state index contributed by atoms with van der Waals surface area (Å²) in [6, 6.07) is 12.7. The van der Waals surface area contributed by atoms with E-state index in [9.17, 15) is 0 Å². The molecule has 0 saturated heterocycles. The normalized spacial score (nSPS) is 15.0. The zero-order valence-corrected chi connectivity index (χ0v) is 13.1. The second-order valence-electron chi connectivity index (χ2n) is 5.38. The number of hydrogen-bond acceptors (Lipinski definition) is 3. The monoisotopic (exact) mass is 295 g/mol. The fourth-order valence-electron chi connectivity index (χ4n) is 3.09. The maximum Gasteiger partial charge on any atom is 0.163 e. The Morgan fingerprint density at radius 3 is 2.64 bits per heavy atom. The zero-order chi connectivity index (χ0) is 15.5. The van der Waals surface area contributed by atoms with Crippen LogP contribution in [0.15, 0.2) is 54.0 Å². The summed E-state index contributed by atoms with van der Waals surface area (Å²) in [7, 11) is 3.39. The van der Waals surface area contributed by atoms with E-state index in [4.69, 9.17) is 15.2 Å². The van der Waals surface area contributed by atoms with E-state index in [1.165, 1.54) is 10.8 Å². The molecule has 0 unspecified atom stereocenters. The molecular weight excluding hydrogens is 274 g/mol. The number of ether oxygens (including phenoxy) is 2. The number of allylic oxidation sites excluding steroid dienone is 3. The Morgan fingerprint density at radius 1 is 1.09 bits per heavy atom. The average Bonchev–Trinajstić information content (AvgIpc) is 2.59. The number of rotatable bonds is 4. The summed E-state index contributed by atoms with van der Waals surface area (Å²) in [4.78, 5) is 0. The Bertz CT molecular complexity index is 759. The standard InChI is InChI=1S/C19H21NO2/c1-21-18-9-5-8-17(19(18)22-2)14-10-13-6-3-4-7-16(13)15(11-14)12-20/h3-4,6-8,10-11H,5,9,12,20H2,1-2H3. The Labute approximate surface area is 131 Å². The molecule has 0 bridgehead atoms. The number of benzene rings is 2. The molecular formula is C19H21NO2. The third kappa shape index (κ3) is 2.48. The summed E-state index contributed by atoms with van der Waals surface area (Å²) < 4.78 is 11.1. The van der Waals surface area contributed by atoms with Gasteiger partial charge in [-0.25, -0.2) is 0 Å². The average molecular weight is 295 g/mol. The summed E-state index contributed by atoms with van der Waals surface area (Å²) in [5.74, 6) is 1.73. The third-order valence-corrected chi connectivity index (χ3v) is 4.15. The first kappa shape index (κ1) is 14.7. The Kier molecular flexibility index (Phi) is 4.16. The van der Waals surface area contributed by atoms with Gasteiger partial charge in [0.1, 0.15) is 5.76 Å². The van der Waals surface area contributed by atoms with Crippen molar-refractivity contribution in [2.75, 3.05) is 14.2 Å². The fourth-order valence-corrected chi connectivity index (χ4v) is 3.09. The molecule has 3 nitrogen and oxygen atoms in total. The first-order chi connectivity index (χ1) is 10.8. The van der Waals surface area contributed by atoms with Crippen molar-refractivity contribution in [3.05, 3.63) is 65.1 Å². The minimum atomic E-state index is 0.519. The van der Waals surface area contributed by atoms with E-state index in [-0.39, 0.29) is 0 Å². The lowest BCUT2D eigenvalue weighted by Gasteiger charge is -2.21. The van der Waals surface area contributed by atoms with Gasteiger partial charge in [-0.2, -0.15) is 0 Å². The first-order valence-corrected chi connectivity index (χ1v) is 7.52. The topological polar surface area (TPSA) is 44.5 Å². The minimum absolute atomic E-state index is 0.519. The molecule has 114 valence electrons. The van der Waals surface area contributed by atoms with Crippen molar-refractivity contribution >= 4 is 16.3 Å². The van der Waals surface area contributed by atoms with Gasteiger partial charge in [0.05, 0.1) is 14.2 Å². The molecule has 0 atom stereocenters. The molecule has 0 aliphatic heterocycles. The van der Waals surface area contributed by atoms with E-state index in [1.54, 1.807) is 14.2 Å². The van der Waals surface area contributed by atoms with Crippen molar-refractivity contribution in [1.29, 1.82) is 0 Å². The van der Waals surface area contributed by atoms with Crippen LogP contribution in [-0.4, -0.2) is 14.2 Å². The molecule has 0 amide bonds. The van der Waals surface area contributed by atoms with Crippen molar-refractivity contribution in [1.82, 2.24) is 0 Å². The number of hydrogen-bond donors (Lipinski definition) is 1. The summed E-state index contributed by atoms with van der Waals surface area (Å²) in [6.45, 7) is 0.519. The van der Waals surface area contributed by atoms with Gasteiger partial charge in [0.25, 0.3) is 0 Å². The van der Waals surface area contributed by atoms with Crippen LogP contribution < -0.4 is 5.73 Å². The molecule has 0 saturated carbocycles. The molecule has 0 fully saturated rings. The van der Waals surface area contributed by atoms with Crippen LogP contribution in [-0.2, 0) is 16.0 Å². The molecule has 0 aromatic heterocycles. The van der Waals surface area contributed by atoms with Crippen LogP contribution in [0.25, 0.3) is 16.3 Å². The van der Waals surface area contributed by atoms with Crippen LogP contribution in [0.1, 0.15) is 24.0 Å². The van der Waals surface area contributed by atoms with Gasteiger partial charge in [0, 0.05) is 18.5 Å². The van der Waals surface area contributed by atoms with E-state index in [1.807, 2.05) is 6.07 Å². The van der Waals surface area contributed by atoms with Crippen molar-refractivity contribution < 1.29 is 9.47 Å². The lowest BCUT2D eigenvalue weighted by atomic mass is 9.92. The van der Waals surface area contributed by atoms with Crippen LogP contribution >= 0.6 is 0 Å². The lowest BCUT2D eigenvalue weighted by Crippen LogP contribution is -2.06. The number of fused-ring (bicyclic) bond motifs is 1. The van der Waals surface area contributed by atoms with E-state index in [0.717, 1.165) is 41.1 Å². The van der Waals surface area contributed by atoms with Crippen molar-refractivity contribution in [3.63, 3.8) is 0 Å². The largest absolute Gasteiger partial charge is 0.497 e. The third-order valence-electron chi connectivity index (χ3n) is 4.15. The van der Waals surface area contributed by atoms with Gasteiger partial charge in [0.2, 0.25) is 0 Å². The summed E-state index contributed by atoms with van der Waals surface area (Å²) in [6.07, 6.45) is 4.04. The molecule has 2 N–H and O–H groups in total. The van der Waals surface area contributed by atoms with Crippen molar-refractivity contribution in [2.45, 2.75) is 19.4 Å². The summed E-state index contributed by atoms with van der Waals surface area (Å²) in [5, 5.41) is 2.40. The van der Waals surface area contributed by atoms with Gasteiger partial charge >= 0.3 is 0 Å². The Morgan fingerprint density at radius 2 is 1.91 bits per heavy atom. The highest BCUT2D eigenvalue weighted by Crippen LogP contribution is 2.35. The molecule has 2 aromatic carbocycles. The van der Waals surface area contributed by atoms with Crippen molar-refractivity contribution in [3.8, 4) is 0 Å². The van der Waals surface area contributed by atoms with Crippen LogP contribution in [0.5, 0.6) is 0 Å². The smallest absolute Gasteiger partial charge is 0.163 e. The van der Waals surface area contributed by atoms with E-state index in [0.29, 0.717) is 6.54 Å². The number of methoxy groups -OCH3 is 2. The second kappa shape index (κ2) is 6.24. The molecule has 22 heavy (non-hydrogen) atoms. The van der Waals surface area contributed by atoms with E-state index < -0.39 is 0 Å². The molecule has 0 spiro atoms. The maximum atomic E-state index is 5.95. The van der Waals surface area contributed by atoms with Crippen LogP contribution in [0.2, 0.25) is 0 Å². The Balaban J connectivity index is 2.18. The van der Waals surface area contributed by atoms with Crippen LogP contribution in [0.4, 0.5) is 0 Å². The molecule has 3 heteroatoms. The molecule has 2 aromatic rings. The van der Waals surface area contributed by atoms with Gasteiger partial charge < -0.3 is 15.2 Å². The van der Waals surface area contributed by atoms with Gasteiger partial charge in [-0.1, -0.05) is 30.3 Å². The fraction of sp³-hybridized carbons (Fsp3) is 0.263. The maximum absolute atomic E-state index is 5.95.